The molecule has 1 aliphatic heterocycles. The van der Waals surface area contributed by atoms with Crippen LogP contribution in [-0.2, 0) is 28.5 Å². The molecule has 1 aliphatic rings. The first-order valence-corrected chi connectivity index (χ1v) is 26.7. The Morgan fingerprint density at radius 1 is 0.477 bits per heavy atom. The van der Waals surface area contributed by atoms with Crippen molar-refractivity contribution in [1.29, 1.82) is 0 Å². The van der Waals surface area contributed by atoms with Gasteiger partial charge in [0.2, 0.25) is 0 Å². The van der Waals surface area contributed by atoms with E-state index in [0.29, 0.717) is 19.3 Å². The molecule has 0 radical (unpaired) electrons. The maximum Gasteiger partial charge on any atom is 0.306 e. The second-order valence-electron chi connectivity index (χ2n) is 18.3. The van der Waals surface area contributed by atoms with Crippen LogP contribution >= 0.6 is 0 Å². The third-order valence-corrected chi connectivity index (χ3v) is 12.2. The third kappa shape index (κ3) is 36.4. The molecule has 0 amide bonds. The molecule has 1 rings (SSSR count). The van der Waals surface area contributed by atoms with Gasteiger partial charge in [-0.05, 0) is 70.6 Å². The summed E-state index contributed by atoms with van der Waals surface area (Å²) in [5, 5.41) is 40.2. The summed E-state index contributed by atoms with van der Waals surface area (Å²) >= 11 is 0. The molecule has 0 aromatic rings. The number of aliphatic hydroxyl groups is 4. The SMILES string of the molecule is CCCCCCCCCCC/C=C/C/C=C/CCCC(=O)O[C@@H](COC(=O)CCC/C=C/CC/C=C/CCCCCCCCCCCCCCCC)CO[C@H]1O[C@@H](CO)[C@@H](O)C(O)C1O. The van der Waals surface area contributed by atoms with Gasteiger partial charge in [0.1, 0.15) is 31.0 Å². The lowest BCUT2D eigenvalue weighted by molar-refractivity contribution is -0.305. The van der Waals surface area contributed by atoms with Crippen molar-refractivity contribution in [2.75, 3.05) is 19.8 Å². The Hall–Kier alpha value is -2.34. The molecule has 2 unspecified atom stereocenters. The fourth-order valence-corrected chi connectivity index (χ4v) is 7.95. The molecule has 10 heteroatoms. The maximum atomic E-state index is 12.8. The van der Waals surface area contributed by atoms with Crippen LogP contribution in [-0.4, -0.2) is 89.0 Å². The highest BCUT2D eigenvalue weighted by atomic mass is 16.7. The van der Waals surface area contributed by atoms with Crippen LogP contribution in [0.2, 0.25) is 0 Å². The van der Waals surface area contributed by atoms with Crippen molar-refractivity contribution in [2.24, 2.45) is 0 Å². The van der Waals surface area contributed by atoms with E-state index in [2.05, 4.69) is 62.5 Å². The minimum atomic E-state index is -1.61. The van der Waals surface area contributed by atoms with Gasteiger partial charge in [-0.3, -0.25) is 9.59 Å². The van der Waals surface area contributed by atoms with Crippen LogP contribution in [0.5, 0.6) is 0 Å². The third-order valence-electron chi connectivity index (χ3n) is 12.2. The van der Waals surface area contributed by atoms with E-state index in [9.17, 15) is 30.0 Å². The van der Waals surface area contributed by atoms with Crippen LogP contribution in [0.25, 0.3) is 0 Å². The molecule has 0 saturated carbocycles. The Kier molecular flexibility index (Phi) is 42.4. The Bertz CT molecular complexity index is 1200. The van der Waals surface area contributed by atoms with Crippen molar-refractivity contribution in [2.45, 2.75) is 269 Å². The summed E-state index contributed by atoms with van der Waals surface area (Å²) < 4.78 is 22.2. The van der Waals surface area contributed by atoms with Crippen molar-refractivity contribution in [3.8, 4) is 0 Å². The molecule has 0 aromatic heterocycles. The molecule has 0 spiro atoms. The molecule has 0 aromatic carbocycles. The van der Waals surface area contributed by atoms with Gasteiger partial charge in [-0.25, -0.2) is 0 Å². The van der Waals surface area contributed by atoms with E-state index < -0.39 is 55.4 Å². The topological polar surface area (TPSA) is 152 Å². The molecule has 65 heavy (non-hydrogen) atoms. The Balaban J connectivity index is 2.29. The van der Waals surface area contributed by atoms with Gasteiger partial charge in [0.15, 0.2) is 12.4 Å². The van der Waals surface area contributed by atoms with Crippen molar-refractivity contribution in [1.82, 2.24) is 0 Å². The molecule has 1 heterocycles. The molecule has 1 fully saturated rings. The van der Waals surface area contributed by atoms with E-state index in [1.807, 2.05) is 0 Å². The number of carbonyl (C=O) groups excluding carboxylic acids is 2. The average molecular weight is 919 g/mol. The first-order valence-electron chi connectivity index (χ1n) is 26.7. The zero-order valence-electron chi connectivity index (χ0n) is 41.5. The lowest BCUT2D eigenvalue weighted by atomic mass is 9.99. The highest BCUT2D eigenvalue weighted by Crippen LogP contribution is 2.23. The van der Waals surface area contributed by atoms with Gasteiger partial charge in [-0.2, -0.15) is 0 Å². The van der Waals surface area contributed by atoms with Gasteiger partial charge in [0.25, 0.3) is 0 Å². The van der Waals surface area contributed by atoms with Crippen LogP contribution in [0, 0.1) is 0 Å². The van der Waals surface area contributed by atoms with Crippen LogP contribution < -0.4 is 0 Å². The number of hydrogen-bond donors (Lipinski definition) is 4. The van der Waals surface area contributed by atoms with Crippen LogP contribution in [0.3, 0.4) is 0 Å². The molecule has 10 nitrogen and oxygen atoms in total. The summed E-state index contributed by atoms with van der Waals surface area (Å²) in [6.45, 7) is 3.37. The second-order valence-corrected chi connectivity index (χ2v) is 18.3. The van der Waals surface area contributed by atoms with Crippen LogP contribution in [0.15, 0.2) is 48.6 Å². The minimum absolute atomic E-state index is 0.158. The lowest BCUT2D eigenvalue weighted by Crippen LogP contribution is -2.59. The largest absolute Gasteiger partial charge is 0.462 e. The highest BCUT2D eigenvalue weighted by Gasteiger charge is 2.44. The van der Waals surface area contributed by atoms with Crippen LogP contribution in [0.1, 0.15) is 232 Å². The maximum absolute atomic E-state index is 12.8. The number of esters is 2. The van der Waals surface area contributed by atoms with Gasteiger partial charge >= 0.3 is 11.9 Å². The van der Waals surface area contributed by atoms with Gasteiger partial charge < -0.3 is 39.4 Å². The summed E-state index contributed by atoms with van der Waals surface area (Å²) in [6, 6.07) is 0. The number of aliphatic hydroxyl groups excluding tert-OH is 4. The van der Waals surface area contributed by atoms with E-state index in [0.717, 1.165) is 38.5 Å². The Morgan fingerprint density at radius 3 is 1.34 bits per heavy atom. The van der Waals surface area contributed by atoms with E-state index >= 15 is 0 Å². The monoisotopic (exact) mass is 919 g/mol. The average Bonchev–Trinajstić information content (AvgIpc) is 3.30. The first kappa shape index (κ1) is 60.7. The molecule has 6 atom stereocenters. The highest BCUT2D eigenvalue weighted by molar-refractivity contribution is 5.70. The Labute approximate surface area is 397 Å². The Morgan fingerprint density at radius 2 is 0.877 bits per heavy atom. The molecular formula is C55H98O10. The second kappa shape index (κ2) is 45.4. The van der Waals surface area contributed by atoms with Gasteiger partial charge in [0, 0.05) is 12.8 Å². The smallest absolute Gasteiger partial charge is 0.306 e. The number of hydrogen-bond acceptors (Lipinski definition) is 10. The predicted octanol–water partition coefficient (Wildman–Crippen LogP) is 12.8. The molecule has 4 N–H and O–H groups in total. The lowest BCUT2D eigenvalue weighted by Gasteiger charge is -2.39. The van der Waals surface area contributed by atoms with Crippen LogP contribution in [0.4, 0.5) is 0 Å². The molecule has 0 bridgehead atoms. The number of rotatable bonds is 45. The van der Waals surface area contributed by atoms with Crippen molar-refractivity contribution < 1.29 is 49.0 Å². The molecule has 1 saturated heterocycles. The standard InChI is InChI=1S/C55H98O10/c1-3-5-7-9-11-13-15-17-19-21-22-23-24-25-26-28-29-31-33-35-37-39-41-43-50(57)62-46-48(47-63-55-54(61)53(60)52(59)49(45-56)65-55)64-51(58)44-42-40-38-36-34-32-30-27-20-18-16-14-12-10-8-6-4-2/h28-30,32,35-38,48-49,52-56,59-61H,3-27,31,33-34,39-47H2,1-2H3/b29-28+,32-30+,37-35+,38-36+/t48-,49-,52+,53?,54?,55-/m0/s1. The van der Waals surface area contributed by atoms with E-state index in [-0.39, 0.29) is 26.1 Å². The molecule has 0 aliphatic carbocycles. The van der Waals surface area contributed by atoms with Crippen molar-refractivity contribution in [3.63, 3.8) is 0 Å². The quantitative estimate of drug-likeness (QED) is 0.0264. The van der Waals surface area contributed by atoms with E-state index in [1.165, 1.54) is 148 Å². The fourth-order valence-electron chi connectivity index (χ4n) is 7.95. The summed E-state index contributed by atoms with van der Waals surface area (Å²) in [4.78, 5) is 25.4. The summed E-state index contributed by atoms with van der Waals surface area (Å²) in [5.41, 5.74) is 0. The van der Waals surface area contributed by atoms with E-state index in [1.54, 1.807) is 0 Å². The van der Waals surface area contributed by atoms with E-state index in [4.69, 9.17) is 18.9 Å². The number of allylic oxidation sites excluding steroid dienone is 8. The number of unbranched alkanes of at least 4 members (excludes halogenated alkanes) is 26. The number of carbonyl (C=O) groups is 2. The van der Waals surface area contributed by atoms with Crippen molar-refractivity contribution in [3.05, 3.63) is 48.6 Å². The summed E-state index contributed by atoms with van der Waals surface area (Å²) in [7, 11) is 0. The van der Waals surface area contributed by atoms with Gasteiger partial charge in [-0.15, -0.1) is 0 Å². The number of ether oxygens (including phenoxy) is 4. The minimum Gasteiger partial charge on any atom is -0.462 e. The van der Waals surface area contributed by atoms with Crippen molar-refractivity contribution >= 4 is 11.9 Å². The normalized spacial score (nSPS) is 19.6. The summed E-state index contributed by atoms with van der Waals surface area (Å²) in [5.74, 6) is -0.904. The van der Waals surface area contributed by atoms with Gasteiger partial charge in [-0.1, -0.05) is 197 Å². The van der Waals surface area contributed by atoms with Gasteiger partial charge in [0.05, 0.1) is 13.2 Å². The summed E-state index contributed by atoms with van der Waals surface area (Å²) in [6.07, 6.45) is 48.6. The fraction of sp³-hybridized carbons (Fsp3) is 0.818. The predicted molar refractivity (Wildman–Crippen MR) is 265 cm³/mol. The first-order chi connectivity index (χ1) is 31.8. The molecular weight excluding hydrogens is 821 g/mol. The molecule has 378 valence electrons. The zero-order valence-corrected chi connectivity index (χ0v) is 41.5. The zero-order chi connectivity index (χ0) is 47.3.